The number of aromatic nitrogens is 2. The molecule has 0 saturated carbocycles. The summed E-state index contributed by atoms with van der Waals surface area (Å²) in [5.41, 5.74) is 4.29. The van der Waals surface area contributed by atoms with Crippen molar-refractivity contribution in [1.82, 2.24) is 9.38 Å². The minimum absolute atomic E-state index is 0. The Morgan fingerprint density at radius 3 is 2.71 bits per heavy atom. The quantitative estimate of drug-likeness (QED) is 0.673. The first-order chi connectivity index (χ1) is 9.74. The highest BCUT2D eigenvalue weighted by Crippen LogP contribution is 2.31. The van der Waals surface area contributed by atoms with Crippen LogP contribution in [0, 0.1) is 6.92 Å². The molecule has 0 saturated heterocycles. The number of fused-ring (bicyclic) bond motifs is 1. The molecule has 4 nitrogen and oxygen atoms in total. The Kier molecular flexibility index (Phi) is 4.08. The molecule has 3 aromatic rings. The van der Waals surface area contributed by atoms with Crippen molar-refractivity contribution in [1.29, 1.82) is 0 Å². The Morgan fingerprint density at radius 2 is 2.05 bits per heavy atom. The maximum Gasteiger partial charge on any atom is 0.340 e. The zero-order chi connectivity index (χ0) is 14.1. The summed E-state index contributed by atoms with van der Waals surface area (Å²) in [7, 11) is 1.40. The van der Waals surface area contributed by atoms with Crippen molar-refractivity contribution in [2.45, 2.75) is 14.4 Å². The molecule has 0 bridgehead atoms. The highest BCUT2D eigenvalue weighted by molar-refractivity contribution is 6.01. The fraction of sp³-hybridized carbons (Fsp3) is 0.176. The Morgan fingerprint density at radius 1 is 1.24 bits per heavy atom. The molecular weight excluding hydrogens is 264 g/mol. The molecule has 0 unspecified atom stereocenters. The summed E-state index contributed by atoms with van der Waals surface area (Å²) in [6.45, 7) is 1.93. The molecule has 0 atom stereocenters. The zero-order valence-corrected chi connectivity index (χ0v) is 11.3. The Balaban J connectivity index is 0.00000161. The molecule has 0 aliphatic rings. The maximum absolute atomic E-state index is 12.0. The molecule has 21 heavy (non-hydrogen) atoms. The molecular formula is C17H18N2O2. The lowest BCUT2D eigenvalue weighted by Gasteiger charge is -2.03. The number of carbonyl (C=O) groups is 1. The summed E-state index contributed by atoms with van der Waals surface area (Å²) in [5.74, 6) is -0.318. The summed E-state index contributed by atoms with van der Waals surface area (Å²) in [6, 6.07) is 9.63. The molecule has 0 N–H and O–H groups in total. The van der Waals surface area contributed by atoms with E-state index in [0.29, 0.717) is 5.56 Å². The van der Waals surface area contributed by atoms with E-state index in [1.807, 2.05) is 47.9 Å². The van der Waals surface area contributed by atoms with Crippen molar-refractivity contribution in [3.05, 3.63) is 60.0 Å². The fourth-order valence-electron chi connectivity index (χ4n) is 2.55. The number of rotatable bonds is 2. The van der Waals surface area contributed by atoms with E-state index in [-0.39, 0.29) is 13.4 Å². The van der Waals surface area contributed by atoms with Gasteiger partial charge in [-0.05, 0) is 36.8 Å². The van der Waals surface area contributed by atoms with Crippen molar-refractivity contribution in [2.75, 3.05) is 7.11 Å². The van der Waals surface area contributed by atoms with Gasteiger partial charge in [-0.3, -0.25) is 4.98 Å². The second-order valence-corrected chi connectivity index (χ2v) is 4.54. The number of ether oxygens (including phenoxy) is 1. The third kappa shape index (κ3) is 2.29. The number of hydrogen-bond donors (Lipinski definition) is 0. The molecule has 0 radical (unpaired) electrons. The fourth-order valence-corrected chi connectivity index (χ4v) is 2.55. The van der Waals surface area contributed by atoms with Gasteiger partial charge in [0, 0.05) is 24.2 Å². The van der Waals surface area contributed by atoms with Gasteiger partial charge in [-0.25, -0.2) is 4.79 Å². The first kappa shape index (κ1) is 14.8. The van der Waals surface area contributed by atoms with Crippen molar-refractivity contribution in [3.63, 3.8) is 0 Å². The number of carbonyl (C=O) groups excluding carboxylic acids is 1. The number of nitrogens with zero attached hydrogens (tertiary/aromatic N) is 2. The molecule has 0 aliphatic heterocycles. The van der Waals surface area contributed by atoms with Gasteiger partial charge in [0.15, 0.2) is 0 Å². The largest absolute Gasteiger partial charge is 0.465 e. The molecule has 4 heteroatoms. The molecule has 108 valence electrons. The van der Waals surface area contributed by atoms with Gasteiger partial charge >= 0.3 is 5.97 Å². The van der Waals surface area contributed by atoms with Crippen LogP contribution < -0.4 is 0 Å². The molecule has 3 aromatic heterocycles. The van der Waals surface area contributed by atoms with Gasteiger partial charge in [-0.1, -0.05) is 13.5 Å². The van der Waals surface area contributed by atoms with Crippen LogP contribution in [0.5, 0.6) is 0 Å². The lowest BCUT2D eigenvalue weighted by molar-refractivity contribution is 0.0602. The van der Waals surface area contributed by atoms with E-state index >= 15 is 0 Å². The van der Waals surface area contributed by atoms with Crippen molar-refractivity contribution in [3.8, 4) is 11.3 Å². The molecule has 0 amide bonds. The molecule has 3 heterocycles. The van der Waals surface area contributed by atoms with Crippen LogP contribution in [0.1, 0.15) is 23.3 Å². The second kappa shape index (κ2) is 5.79. The molecule has 0 spiro atoms. The van der Waals surface area contributed by atoms with Crippen molar-refractivity contribution >= 4 is 11.5 Å². The van der Waals surface area contributed by atoms with Crippen LogP contribution in [-0.2, 0) is 4.74 Å². The predicted molar refractivity (Wildman–Crippen MR) is 83.4 cm³/mol. The predicted octanol–water partition coefficient (Wildman–Crippen LogP) is 3.73. The average molecular weight is 282 g/mol. The topological polar surface area (TPSA) is 43.6 Å². The lowest BCUT2D eigenvalue weighted by atomic mass is 10.1. The third-order valence-electron chi connectivity index (χ3n) is 3.41. The van der Waals surface area contributed by atoms with Crippen LogP contribution in [0.3, 0.4) is 0 Å². The van der Waals surface area contributed by atoms with Gasteiger partial charge in [0.2, 0.25) is 0 Å². The minimum atomic E-state index is -0.318. The van der Waals surface area contributed by atoms with E-state index in [4.69, 9.17) is 4.74 Å². The van der Waals surface area contributed by atoms with Crippen LogP contribution in [0.15, 0.2) is 48.9 Å². The first-order valence-electron chi connectivity index (χ1n) is 6.32. The van der Waals surface area contributed by atoms with E-state index in [1.165, 1.54) is 7.11 Å². The van der Waals surface area contributed by atoms with Gasteiger partial charge in [0.25, 0.3) is 0 Å². The molecule has 0 fully saturated rings. The summed E-state index contributed by atoms with van der Waals surface area (Å²) >= 11 is 0. The molecule has 0 aliphatic carbocycles. The maximum atomic E-state index is 12.0. The average Bonchev–Trinajstić information content (AvgIpc) is 2.79. The van der Waals surface area contributed by atoms with E-state index in [2.05, 4.69) is 4.98 Å². The monoisotopic (exact) mass is 282 g/mol. The van der Waals surface area contributed by atoms with E-state index in [0.717, 1.165) is 22.3 Å². The van der Waals surface area contributed by atoms with Crippen molar-refractivity contribution in [2.24, 2.45) is 0 Å². The van der Waals surface area contributed by atoms with Crippen LogP contribution >= 0.6 is 0 Å². The third-order valence-corrected chi connectivity index (χ3v) is 3.41. The van der Waals surface area contributed by atoms with Crippen LogP contribution in [-0.4, -0.2) is 22.5 Å². The highest BCUT2D eigenvalue weighted by Gasteiger charge is 2.21. The highest BCUT2D eigenvalue weighted by atomic mass is 16.5. The standard InChI is InChI=1S/C16H14N2O2.CH4/c1-11-14(16(19)20-2)13-7-3-4-9-18(13)15(11)12-6-5-8-17-10-12;/h3-10H,1-2H3;1H4. The van der Waals surface area contributed by atoms with E-state index in [9.17, 15) is 4.79 Å². The summed E-state index contributed by atoms with van der Waals surface area (Å²) in [5, 5.41) is 0. The van der Waals surface area contributed by atoms with Gasteiger partial charge in [0.1, 0.15) is 0 Å². The molecule has 3 rings (SSSR count). The zero-order valence-electron chi connectivity index (χ0n) is 11.3. The second-order valence-electron chi connectivity index (χ2n) is 4.54. The lowest BCUT2D eigenvalue weighted by Crippen LogP contribution is -2.02. The smallest absolute Gasteiger partial charge is 0.340 e. The van der Waals surface area contributed by atoms with Crippen LogP contribution in [0.4, 0.5) is 0 Å². The van der Waals surface area contributed by atoms with Crippen LogP contribution in [0.25, 0.3) is 16.8 Å². The summed E-state index contributed by atoms with van der Waals surface area (Å²) in [6.07, 6.45) is 5.47. The Hall–Kier alpha value is -2.62. The van der Waals surface area contributed by atoms with Crippen LogP contribution in [0.2, 0.25) is 0 Å². The van der Waals surface area contributed by atoms with Gasteiger partial charge < -0.3 is 9.14 Å². The summed E-state index contributed by atoms with van der Waals surface area (Å²) < 4.78 is 6.91. The normalized spacial score (nSPS) is 10.2. The SMILES string of the molecule is C.COC(=O)c1c(C)c(-c2cccnc2)n2ccccc12. The van der Waals surface area contributed by atoms with Gasteiger partial charge in [-0.2, -0.15) is 0 Å². The van der Waals surface area contributed by atoms with E-state index in [1.54, 1.807) is 12.4 Å². The van der Waals surface area contributed by atoms with E-state index < -0.39 is 0 Å². The number of hydrogen-bond acceptors (Lipinski definition) is 3. The number of methoxy groups -OCH3 is 1. The Labute approximate surface area is 124 Å². The minimum Gasteiger partial charge on any atom is -0.465 e. The Bertz CT molecular complexity index is 776. The van der Waals surface area contributed by atoms with Gasteiger partial charge in [-0.15, -0.1) is 0 Å². The number of esters is 1. The van der Waals surface area contributed by atoms with Crippen molar-refractivity contribution < 1.29 is 9.53 Å². The summed E-state index contributed by atoms with van der Waals surface area (Å²) in [4.78, 5) is 16.2. The number of pyridine rings is 2. The van der Waals surface area contributed by atoms with Gasteiger partial charge in [0.05, 0.1) is 23.9 Å². The first-order valence-corrected chi connectivity index (χ1v) is 6.32. The molecule has 0 aromatic carbocycles.